The van der Waals surface area contributed by atoms with Crippen LogP contribution in [0.25, 0.3) is 11.3 Å². The lowest BCUT2D eigenvalue weighted by Crippen LogP contribution is -2.20. The molecule has 150 valence electrons. The summed E-state index contributed by atoms with van der Waals surface area (Å²) in [4.78, 5) is 8.41. The number of alkyl halides is 3. The van der Waals surface area contributed by atoms with Crippen molar-refractivity contribution in [2.45, 2.75) is 31.5 Å². The number of hydrogen-bond donors (Lipinski definition) is 2. The van der Waals surface area contributed by atoms with Crippen molar-refractivity contribution in [1.82, 2.24) is 9.97 Å². The van der Waals surface area contributed by atoms with Gasteiger partial charge < -0.3 is 10.4 Å². The van der Waals surface area contributed by atoms with Crippen molar-refractivity contribution in [2.24, 2.45) is 0 Å². The molecule has 1 heterocycles. The summed E-state index contributed by atoms with van der Waals surface area (Å²) in [5.41, 5.74) is 3.43. The number of nitrogens with one attached hydrogen (secondary N) is 1. The van der Waals surface area contributed by atoms with Gasteiger partial charge in [0.1, 0.15) is 12.1 Å². The summed E-state index contributed by atoms with van der Waals surface area (Å²) in [6.07, 6.45) is -1.33. The van der Waals surface area contributed by atoms with Gasteiger partial charge in [0, 0.05) is 28.2 Å². The molecule has 29 heavy (non-hydrogen) atoms. The highest BCUT2D eigenvalue weighted by Crippen LogP contribution is 2.35. The molecule has 0 bridgehead atoms. The van der Waals surface area contributed by atoms with Gasteiger partial charge in [0.05, 0.1) is 17.4 Å². The highest BCUT2D eigenvalue weighted by atomic mass is 79.9. The molecule has 2 aromatic carbocycles. The van der Waals surface area contributed by atoms with E-state index in [9.17, 15) is 18.3 Å². The van der Waals surface area contributed by atoms with E-state index in [4.69, 9.17) is 0 Å². The minimum atomic E-state index is -4.37. The second-order valence-electron chi connectivity index (χ2n) is 6.94. The van der Waals surface area contributed by atoms with Crippen LogP contribution in [0, 0.1) is 0 Å². The molecule has 1 aliphatic carbocycles. The fourth-order valence-electron chi connectivity index (χ4n) is 3.49. The Morgan fingerprint density at radius 2 is 1.79 bits per heavy atom. The largest absolute Gasteiger partial charge is 0.416 e. The van der Waals surface area contributed by atoms with Gasteiger partial charge in [-0.2, -0.15) is 13.2 Å². The number of aliphatic hydroxyl groups is 1. The number of rotatable bonds is 3. The van der Waals surface area contributed by atoms with Crippen LogP contribution in [0.4, 0.5) is 24.7 Å². The van der Waals surface area contributed by atoms with E-state index in [0.29, 0.717) is 23.5 Å². The van der Waals surface area contributed by atoms with Crippen molar-refractivity contribution < 1.29 is 18.3 Å². The molecule has 3 aromatic rings. The quantitative estimate of drug-likeness (QED) is 0.536. The van der Waals surface area contributed by atoms with Crippen LogP contribution < -0.4 is 5.32 Å². The number of aliphatic hydroxyl groups excluding tert-OH is 1. The summed E-state index contributed by atoms with van der Waals surface area (Å²) in [5.74, 6) is 0.527. The molecule has 1 aliphatic rings. The second-order valence-corrected chi connectivity index (χ2v) is 7.79. The third-order valence-electron chi connectivity index (χ3n) is 4.98. The third kappa shape index (κ3) is 4.28. The van der Waals surface area contributed by atoms with E-state index < -0.39 is 11.7 Å². The van der Waals surface area contributed by atoms with Crippen LogP contribution in [0.2, 0.25) is 0 Å². The van der Waals surface area contributed by atoms with Crippen LogP contribution in [-0.4, -0.2) is 21.2 Å². The minimum Gasteiger partial charge on any atom is -0.393 e. The Morgan fingerprint density at radius 3 is 2.52 bits per heavy atom. The number of fused-ring (bicyclic) bond motifs is 1. The summed E-state index contributed by atoms with van der Waals surface area (Å²) < 4.78 is 39.3. The molecule has 8 heteroatoms. The lowest BCUT2D eigenvalue weighted by molar-refractivity contribution is -0.137. The summed E-state index contributed by atoms with van der Waals surface area (Å²) in [6, 6.07) is 10.4. The Kier molecular flexibility index (Phi) is 5.31. The highest BCUT2D eigenvalue weighted by molar-refractivity contribution is 9.10. The van der Waals surface area contributed by atoms with E-state index in [1.165, 1.54) is 18.5 Å². The van der Waals surface area contributed by atoms with E-state index in [0.717, 1.165) is 46.3 Å². The standard InChI is InChI=1S/C21H17BrF3N3O/c22-17-7-8-18(16-9-14(29)5-6-15(16)17)28-20-10-19(26-11-27-20)12-1-3-13(4-2-12)21(23,24)25/h1-4,7-8,10-11,14,29H,5-6,9H2,(H,26,27,28)/t14-/m0/s1. The molecular formula is C21H17BrF3N3O. The Bertz CT molecular complexity index is 1040. The topological polar surface area (TPSA) is 58.0 Å². The second kappa shape index (κ2) is 7.76. The maximum atomic E-state index is 12.8. The van der Waals surface area contributed by atoms with E-state index in [1.54, 1.807) is 6.07 Å². The maximum Gasteiger partial charge on any atom is 0.416 e. The number of aromatic nitrogens is 2. The average molecular weight is 464 g/mol. The lowest BCUT2D eigenvalue weighted by Gasteiger charge is -2.24. The smallest absolute Gasteiger partial charge is 0.393 e. The molecule has 0 saturated carbocycles. The Labute approximate surface area is 174 Å². The van der Waals surface area contributed by atoms with Gasteiger partial charge in [0.15, 0.2) is 0 Å². The molecule has 0 aliphatic heterocycles. The predicted molar refractivity (Wildman–Crippen MR) is 108 cm³/mol. The molecular weight excluding hydrogens is 447 g/mol. The maximum absolute atomic E-state index is 12.8. The van der Waals surface area contributed by atoms with Crippen molar-refractivity contribution in [3.8, 4) is 11.3 Å². The molecule has 0 unspecified atom stereocenters. The van der Waals surface area contributed by atoms with Gasteiger partial charge in [-0.1, -0.05) is 28.1 Å². The Morgan fingerprint density at radius 1 is 1.03 bits per heavy atom. The molecule has 0 fully saturated rings. The van der Waals surface area contributed by atoms with Crippen molar-refractivity contribution >= 4 is 27.4 Å². The Balaban J connectivity index is 1.62. The van der Waals surface area contributed by atoms with Gasteiger partial charge in [-0.25, -0.2) is 9.97 Å². The zero-order valence-corrected chi connectivity index (χ0v) is 16.8. The first-order valence-electron chi connectivity index (χ1n) is 9.06. The molecule has 0 saturated heterocycles. The SMILES string of the molecule is O[C@H]1CCc2c(Br)ccc(Nc3cc(-c4ccc(C(F)(F)F)cc4)ncn3)c2C1. The van der Waals surface area contributed by atoms with Gasteiger partial charge in [-0.3, -0.25) is 0 Å². The van der Waals surface area contributed by atoms with Crippen LogP contribution in [0.3, 0.4) is 0 Å². The van der Waals surface area contributed by atoms with E-state index in [-0.39, 0.29) is 6.10 Å². The highest BCUT2D eigenvalue weighted by Gasteiger charge is 2.30. The van der Waals surface area contributed by atoms with Crippen LogP contribution >= 0.6 is 15.9 Å². The fraction of sp³-hybridized carbons (Fsp3) is 0.238. The van der Waals surface area contributed by atoms with Crippen LogP contribution in [-0.2, 0) is 19.0 Å². The lowest BCUT2D eigenvalue weighted by atomic mass is 9.88. The number of nitrogens with zero attached hydrogens (tertiary/aromatic N) is 2. The van der Waals surface area contributed by atoms with Gasteiger partial charge in [-0.15, -0.1) is 0 Å². The molecule has 0 amide bonds. The monoisotopic (exact) mass is 463 g/mol. The summed E-state index contributed by atoms with van der Waals surface area (Å²) in [7, 11) is 0. The third-order valence-corrected chi connectivity index (χ3v) is 5.72. The fourth-order valence-corrected chi connectivity index (χ4v) is 4.05. The van der Waals surface area contributed by atoms with E-state index >= 15 is 0 Å². The molecule has 2 N–H and O–H groups in total. The minimum absolute atomic E-state index is 0.384. The molecule has 4 nitrogen and oxygen atoms in total. The Hall–Kier alpha value is -2.45. The van der Waals surface area contributed by atoms with Crippen molar-refractivity contribution in [2.75, 3.05) is 5.32 Å². The van der Waals surface area contributed by atoms with Gasteiger partial charge >= 0.3 is 6.18 Å². The molecule has 1 atom stereocenters. The first kappa shape index (κ1) is 19.8. The van der Waals surface area contributed by atoms with Gasteiger partial charge in [-0.05, 0) is 48.2 Å². The van der Waals surface area contributed by atoms with Crippen molar-refractivity contribution in [3.05, 3.63) is 70.0 Å². The van der Waals surface area contributed by atoms with E-state index in [1.807, 2.05) is 12.1 Å². The zero-order valence-electron chi connectivity index (χ0n) is 15.2. The summed E-state index contributed by atoms with van der Waals surface area (Å²) in [5, 5.41) is 13.3. The van der Waals surface area contributed by atoms with Crippen LogP contribution in [0.5, 0.6) is 0 Å². The molecule has 0 radical (unpaired) electrons. The first-order chi connectivity index (χ1) is 13.8. The number of halogens is 4. The van der Waals surface area contributed by atoms with Crippen LogP contribution in [0.15, 0.2) is 53.3 Å². The normalized spacial score (nSPS) is 16.4. The first-order valence-corrected chi connectivity index (χ1v) is 9.85. The molecule has 1 aromatic heterocycles. The zero-order chi connectivity index (χ0) is 20.6. The van der Waals surface area contributed by atoms with Crippen LogP contribution in [0.1, 0.15) is 23.1 Å². The molecule has 0 spiro atoms. The van der Waals surface area contributed by atoms with E-state index in [2.05, 4.69) is 31.2 Å². The summed E-state index contributed by atoms with van der Waals surface area (Å²) in [6.45, 7) is 0. The number of benzene rings is 2. The number of hydrogen-bond acceptors (Lipinski definition) is 4. The number of anilines is 2. The van der Waals surface area contributed by atoms with Gasteiger partial charge in [0.25, 0.3) is 0 Å². The van der Waals surface area contributed by atoms with Crippen molar-refractivity contribution in [3.63, 3.8) is 0 Å². The summed E-state index contributed by atoms with van der Waals surface area (Å²) >= 11 is 3.57. The average Bonchev–Trinajstić information content (AvgIpc) is 2.70. The molecule has 4 rings (SSSR count). The van der Waals surface area contributed by atoms with Gasteiger partial charge in [0.2, 0.25) is 0 Å². The predicted octanol–water partition coefficient (Wildman–Crippen LogP) is 5.52. The van der Waals surface area contributed by atoms with Crippen molar-refractivity contribution in [1.29, 1.82) is 0 Å².